The number of nitrogens with one attached hydrogen (secondary N) is 1. The van der Waals surface area contributed by atoms with E-state index in [2.05, 4.69) is 5.32 Å². The summed E-state index contributed by atoms with van der Waals surface area (Å²) >= 11 is 5.13. The lowest BCUT2D eigenvalue weighted by molar-refractivity contribution is -0.130. The molecule has 0 bridgehead atoms. The van der Waals surface area contributed by atoms with Crippen LogP contribution in [0.4, 0.5) is 8.78 Å². The number of alkyl halides is 2. The van der Waals surface area contributed by atoms with E-state index in [-0.39, 0.29) is 37.5 Å². The fraction of sp³-hybridized carbons (Fsp3) is 0.857. The quantitative estimate of drug-likeness (QED) is 0.788. The predicted molar refractivity (Wildman–Crippen MR) is 77.6 cm³/mol. The first-order valence-electron chi connectivity index (χ1n) is 7.34. The Balaban J connectivity index is 1.97. The second kappa shape index (κ2) is 5.92. The van der Waals surface area contributed by atoms with Gasteiger partial charge in [-0.1, -0.05) is 31.5 Å². The Labute approximate surface area is 123 Å². The number of carbonyl (C=O) groups is 1. The zero-order valence-corrected chi connectivity index (χ0v) is 12.4. The van der Waals surface area contributed by atoms with Gasteiger partial charge in [-0.15, -0.1) is 0 Å². The number of carbonyl (C=O) groups excluding carboxylic acids is 1. The molecule has 0 aromatic heterocycles. The molecule has 0 heterocycles. The van der Waals surface area contributed by atoms with E-state index in [0.29, 0.717) is 4.99 Å². The lowest BCUT2D eigenvalue weighted by atomic mass is 9.80. The second-order valence-corrected chi connectivity index (χ2v) is 6.57. The summed E-state index contributed by atoms with van der Waals surface area (Å²) in [6, 6.07) is 0. The first kappa shape index (κ1) is 15.6. The molecule has 2 aliphatic rings. The van der Waals surface area contributed by atoms with Crippen LogP contribution in [0.25, 0.3) is 0 Å². The zero-order chi connectivity index (χ0) is 14.8. The average Bonchev–Trinajstić information content (AvgIpc) is 2.39. The van der Waals surface area contributed by atoms with Crippen LogP contribution in [0.3, 0.4) is 0 Å². The largest absolute Gasteiger partial charge is 0.391 e. The third kappa shape index (κ3) is 3.45. The Bertz CT molecular complexity index is 385. The van der Waals surface area contributed by atoms with E-state index in [1.54, 1.807) is 0 Å². The lowest BCUT2D eigenvalue weighted by Crippen LogP contribution is -2.59. The molecule has 20 heavy (non-hydrogen) atoms. The average molecular weight is 304 g/mol. The first-order valence-corrected chi connectivity index (χ1v) is 7.75. The molecular weight excluding hydrogens is 282 g/mol. The molecule has 0 aliphatic heterocycles. The maximum Gasteiger partial charge on any atom is 0.248 e. The maximum absolute atomic E-state index is 13.1. The molecule has 0 aromatic rings. The molecule has 114 valence electrons. The van der Waals surface area contributed by atoms with Crippen molar-refractivity contribution in [2.45, 2.75) is 69.2 Å². The van der Waals surface area contributed by atoms with E-state index in [1.165, 1.54) is 0 Å². The molecule has 6 heteroatoms. The third-order valence-electron chi connectivity index (χ3n) is 4.63. The van der Waals surface area contributed by atoms with Gasteiger partial charge >= 0.3 is 0 Å². The fourth-order valence-electron chi connectivity index (χ4n) is 3.23. The summed E-state index contributed by atoms with van der Waals surface area (Å²) < 4.78 is 26.3. The van der Waals surface area contributed by atoms with Gasteiger partial charge in [0.1, 0.15) is 0 Å². The molecule has 2 aliphatic carbocycles. The minimum atomic E-state index is -2.61. The summed E-state index contributed by atoms with van der Waals surface area (Å²) in [5.41, 5.74) is 5.23. The minimum absolute atomic E-state index is 0.157. The number of nitrogens with two attached hydrogens (primary N) is 1. The third-order valence-corrected chi connectivity index (χ3v) is 5.02. The molecular formula is C14H22F2N2OS. The zero-order valence-electron chi connectivity index (χ0n) is 11.6. The van der Waals surface area contributed by atoms with E-state index >= 15 is 0 Å². The van der Waals surface area contributed by atoms with Crippen LogP contribution in [0, 0.1) is 5.92 Å². The summed E-state index contributed by atoms with van der Waals surface area (Å²) in [6.45, 7) is 0. The number of rotatable bonds is 3. The molecule has 0 spiro atoms. The summed E-state index contributed by atoms with van der Waals surface area (Å²) in [5, 5.41) is 2.98. The molecule has 2 saturated carbocycles. The maximum atomic E-state index is 13.1. The van der Waals surface area contributed by atoms with Crippen molar-refractivity contribution in [2.24, 2.45) is 11.7 Å². The van der Waals surface area contributed by atoms with Crippen molar-refractivity contribution >= 4 is 23.1 Å². The van der Waals surface area contributed by atoms with Crippen molar-refractivity contribution in [3.8, 4) is 0 Å². The summed E-state index contributed by atoms with van der Waals surface area (Å²) in [6.07, 6.45) is 4.69. The standard InChI is InChI=1S/C14H22F2N2OS/c15-14(16)8-4-10(5-9-14)11(19)18-13(12(17)20)6-2-1-3-7-13/h10H,1-9H2,(H2,17,20)(H,18,19). The van der Waals surface area contributed by atoms with Gasteiger partial charge in [0.25, 0.3) is 0 Å². The highest BCUT2D eigenvalue weighted by Crippen LogP contribution is 2.37. The summed E-state index contributed by atoms with van der Waals surface area (Å²) in [4.78, 5) is 12.6. The van der Waals surface area contributed by atoms with Crippen molar-refractivity contribution in [1.82, 2.24) is 5.32 Å². The van der Waals surface area contributed by atoms with Crippen molar-refractivity contribution < 1.29 is 13.6 Å². The molecule has 0 unspecified atom stereocenters. The normalized spacial score (nSPS) is 25.9. The minimum Gasteiger partial charge on any atom is -0.391 e. The van der Waals surface area contributed by atoms with Crippen molar-refractivity contribution in [3.05, 3.63) is 0 Å². The van der Waals surface area contributed by atoms with E-state index in [9.17, 15) is 13.6 Å². The molecule has 0 aromatic carbocycles. The van der Waals surface area contributed by atoms with Crippen molar-refractivity contribution in [2.75, 3.05) is 0 Å². The molecule has 0 saturated heterocycles. The molecule has 2 rings (SSSR count). The van der Waals surface area contributed by atoms with Crippen LogP contribution in [-0.4, -0.2) is 22.4 Å². The van der Waals surface area contributed by atoms with E-state index < -0.39 is 11.5 Å². The Morgan fingerprint density at radius 3 is 2.15 bits per heavy atom. The van der Waals surface area contributed by atoms with Crippen LogP contribution in [0.15, 0.2) is 0 Å². The van der Waals surface area contributed by atoms with E-state index in [0.717, 1.165) is 32.1 Å². The molecule has 0 atom stereocenters. The molecule has 0 radical (unpaired) electrons. The first-order chi connectivity index (χ1) is 9.35. The Morgan fingerprint density at radius 1 is 1.10 bits per heavy atom. The topological polar surface area (TPSA) is 55.1 Å². The smallest absolute Gasteiger partial charge is 0.248 e. The number of thiocarbonyl (C=S) groups is 1. The van der Waals surface area contributed by atoms with Gasteiger partial charge in [0, 0.05) is 18.8 Å². The fourth-order valence-corrected chi connectivity index (χ4v) is 3.48. The molecule has 3 nitrogen and oxygen atoms in total. The van der Waals surface area contributed by atoms with Crippen molar-refractivity contribution in [1.29, 1.82) is 0 Å². The van der Waals surface area contributed by atoms with Crippen LogP contribution < -0.4 is 11.1 Å². The number of hydrogen-bond acceptors (Lipinski definition) is 2. The van der Waals surface area contributed by atoms with Crippen LogP contribution >= 0.6 is 12.2 Å². The Morgan fingerprint density at radius 2 is 1.65 bits per heavy atom. The molecule has 1 amide bonds. The van der Waals surface area contributed by atoms with E-state index in [4.69, 9.17) is 18.0 Å². The highest BCUT2D eigenvalue weighted by atomic mass is 32.1. The van der Waals surface area contributed by atoms with Crippen LogP contribution in [-0.2, 0) is 4.79 Å². The van der Waals surface area contributed by atoms with Gasteiger partial charge < -0.3 is 11.1 Å². The van der Waals surface area contributed by atoms with Crippen LogP contribution in [0.5, 0.6) is 0 Å². The molecule has 2 fully saturated rings. The summed E-state index contributed by atoms with van der Waals surface area (Å²) in [7, 11) is 0. The van der Waals surface area contributed by atoms with Crippen LogP contribution in [0.1, 0.15) is 57.8 Å². The van der Waals surface area contributed by atoms with Gasteiger partial charge in [-0.2, -0.15) is 0 Å². The number of halogens is 2. The van der Waals surface area contributed by atoms with Crippen molar-refractivity contribution in [3.63, 3.8) is 0 Å². The SMILES string of the molecule is NC(=S)C1(NC(=O)C2CCC(F)(F)CC2)CCCCC1. The highest BCUT2D eigenvalue weighted by molar-refractivity contribution is 7.80. The molecule has 3 N–H and O–H groups in total. The second-order valence-electron chi connectivity index (χ2n) is 6.13. The van der Waals surface area contributed by atoms with Gasteiger partial charge in [0.05, 0.1) is 10.5 Å². The van der Waals surface area contributed by atoms with Gasteiger partial charge in [-0.3, -0.25) is 4.79 Å². The Kier molecular flexibility index (Phi) is 4.62. The lowest BCUT2D eigenvalue weighted by Gasteiger charge is -2.39. The van der Waals surface area contributed by atoms with Gasteiger partial charge in [-0.25, -0.2) is 8.78 Å². The number of hydrogen-bond donors (Lipinski definition) is 2. The van der Waals surface area contributed by atoms with Gasteiger partial charge in [-0.05, 0) is 25.7 Å². The Hall–Kier alpha value is -0.780. The number of amides is 1. The highest BCUT2D eigenvalue weighted by Gasteiger charge is 2.41. The summed E-state index contributed by atoms with van der Waals surface area (Å²) in [5.74, 6) is -3.10. The monoisotopic (exact) mass is 304 g/mol. The van der Waals surface area contributed by atoms with Gasteiger partial charge in [0.2, 0.25) is 11.8 Å². The van der Waals surface area contributed by atoms with Crippen LogP contribution in [0.2, 0.25) is 0 Å². The predicted octanol–water partition coefficient (Wildman–Crippen LogP) is 2.92. The van der Waals surface area contributed by atoms with Gasteiger partial charge in [0.15, 0.2) is 0 Å². The van der Waals surface area contributed by atoms with E-state index in [1.807, 2.05) is 0 Å².